The van der Waals surface area contributed by atoms with Crippen LogP contribution in [0.1, 0.15) is 10.4 Å². The van der Waals surface area contributed by atoms with Gasteiger partial charge in [0.25, 0.3) is 5.91 Å². The predicted octanol–water partition coefficient (Wildman–Crippen LogP) is 2.32. The van der Waals surface area contributed by atoms with E-state index in [4.69, 9.17) is 4.74 Å². The lowest BCUT2D eigenvalue weighted by Gasteiger charge is -2.35. The molecule has 0 aromatic heterocycles. The van der Waals surface area contributed by atoms with Crippen molar-refractivity contribution in [2.24, 2.45) is 4.99 Å². The number of nitrogens with zero attached hydrogens (tertiary/aromatic N) is 4. The first kappa shape index (κ1) is 22.0. The van der Waals surface area contributed by atoms with E-state index >= 15 is 0 Å². The molecule has 10 heteroatoms. The third kappa shape index (κ3) is 4.12. The number of anilines is 3. The third-order valence-corrected chi connectivity index (χ3v) is 6.39. The Bertz CT molecular complexity index is 1170. The number of hydrogen-bond acceptors (Lipinski definition) is 8. The largest absolute Gasteiger partial charge is 0.495 e. The molecule has 34 heavy (non-hydrogen) atoms. The Morgan fingerprint density at radius 3 is 2.65 bits per heavy atom. The van der Waals surface area contributed by atoms with Crippen molar-refractivity contribution in [3.8, 4) is 5.75 Å². The highest BCUT2D eigenvalue weighted by Gasteiger charge is 2.29. The Morgan fingerprint density at radius 2 is 1.88 bits per heavy atom. The molecule has 9 nitrogen and oxygen atoms in total. The monoisotopic (exact) mass is 465 g/mol. The molecule has 178 valence electrons. The third-order valence-electron chi connectivity index (χ3n) is 6.39. The Hall–Kier alpha value is -3.79. The van der Waals surface area contributed by atoms with Crippen LogP contribution < -0.4 is 25.6 Å². The summed E-state index contributed by atoms with van der Waals surface area (Å²) in [7, 11) is 5.63. The van der Waals surface area contributed by atoms with E-state index in [-0.39, 0.29) is 5.91 Å². The molecule has 1 saturated heterocycles. The molecule has 1 unspecified atom stereocenters. The molecule has 0 radical (unpaired) electrons. The number of aliphatic imine (C=N–C) groups is 1. The van der Waals surface area contributed by atoms with E-state index < -0.39 is 12.1 Å². The lowest BCUT2D eigenvalue weighted by Crippen LogP contribution is -2.44. The maximum atomic E-state index is 13.8. The molecule has 3 aliphatic heterocycles. The summed E-state index contributed by atoms with van der Waals surface area (Å²) in [6.07, 6.45) is 1.13. The summed E-state index contributed by atoms with van der Waals surface area (Å²) in [5.41, 5.74) is 3.19. The van der Waals surface area contributed by atoms with Gasteiger partial charge in [-0.2, -0.15) is 0 Å². The van der Waals surface area contributed by atoms with Crippen molar-refractivity contribution in [1.82, 2.24) is 15.1 Å². The number of amides is 1. The molecule has 1 amide bonds. The van der Waals surface area contributed by atoms with Gasteiger partial charge in [-0.1, -0.05) is 0 Å². The van der Waals surface area contributed by atoms with Crippen molar-refractivity contribution < 1.29 is 13.9 Å². The summed E-state index contributed by atoms with van der Waals surface area (Å²) in [6, 6.07) is 10.2. The molecule has 0 bridgehead atoms. The topological polar surface area (TPSA) is 84.5 Å². The van der Waals surface area contributed by atoms with Crippen molar-refractivity contribution >= 4 is 29.2 Å². The number of halogens is 1. The second-order valence-corrected chi connectivity index (χ2v) is 8.61. The molecule has 2 aromatic rings. The van der Waals surface area contributed by atoms with Crippen molar-refractivity contribution in [1.29, 1.82) is 0 Å². The van der Waals surface area contributed by atoms with Gasteiger partial charge < -0.3 is 35.4 Å². The van der Waals surface area contributed by atoms with Crippen LogP contribution in [-0.2, 0) is 0 Å². The fourth-order valence-electron chi connectivity index (χ4n) is 4.33. The number of benzene rings is 2. The number of fused-ring (bicyclic) bond motifs is 1. The van der Waals surface area contributed by atoms with Gasteiger partial charge in [0.1, 0.15) is 23.1 Å². The average Bonchev–Trinajstić information content (AvgIpc) is 2.97. The average molecular weight is 466 g/mol. The van der Waals surface area contributed by atoms with Gasteiger partial charge in [-0.15, -0.1) is 0 Å². The minimum Gasteiger partial charge on any atom is -0.495 e. The number of methoxy groups -OCH3 is 1. The van der Waals surface area contributed by atoms with Crippen molar-refractivity contribution in [2.45, 2.75) is 6.29 Å². The van der Waals surface area contributed by atoms with Gasteiger partial charge in [-0.05, 0) is 37.4 Å². The molecule has 5 rings (SSSR count). The molecule has 1 fully saturated rings. The molecule has 2 aromatic carbocycles. The molecular formula is C24H28FN7O2. The van der Waals surface area contributed by atoms with Gasteiger partial charge in [0, 0.05) is 45.0 Å². The van der Waals surface area contributed by atoms with Crippen molar-refractivity contribution in [2.75, 3.05) is 62.9 Å². The van der Waals surface area contributed by atoms with Crippen LogP contribution in [0.5, 0.6) is 5.75 Å². The number of ether oxygens (including phenoxy) is 1. The van der Waals surface area contributed by atoms with Gasteiger partial charge in [-0.25, -0.2) is 9.38 Å². The zero-order valence-electron chi connectivity index (χ0n) is 19.4. The first-order valence-corrected chi connectivity index (χ1v) is 11.2. The number of nitrogens with one attached hydrogen (secondary N) is 3. The number of allylic oxidation sites excluding steroid dienone is 1. The molecular weight excluding hydrogens is 437 g/mol. The van der Waals surface area contributed by atoms with Gasteiger partial charge >= 0.3 is 0 Å². The zero-order chi connectivity index (χ0) is 23.8. The Kier molecular flexibility index (Phi) is 5.74. The number of carbonyl (C=O) groups is 1. The first-order valence-electron chi connectivity index (χ1n) is 11.2. The van der Waals surface area contributed by atoms with Crippen LogP contribution in [0.3, 0.4) is 0 Å². The van der Waals surface area contributed by atoms with E-state index in [1.807, 2.05) is 24.1 Å². The second kappa shape index (κ2) is 8.86. The van der Waals surface area contributed by atoms with Crippen LogP contribution in [0.25, 0.3) is 0 Å². The van der Waals surface area contributed by atoms with E-state index in [2.05, 4.69) is 43.9 Å². The van der Waals surface area contributed by atoms with Crippen LogP contribution in [0.2, 0.25) is 0 Å². The van der Waals surface area contributed by atoms with Gasteiger partial charge in [0.15, 0.2) is 6.29 Å². The van der Waals surface area contributed by atoms with Gasteiger partial charge in [-0.3, -0.25) is 4.79 Å². The first-order chi connectivity index (χ1) is 16.4. The Balaban J connectivity index is 1.36. The minimum atomic E-state index is -0.471. The lowest BCUT2D eigenvalue weighted by molar-refractivity contribution is 0.0968. The quantitative estimate of drug-likeness (QED) is 0.639. The molecule has 3 N–H and O–H groups in total. The van der Waals surface area contributed by atoms with Crippen LogP contribution in [0, 0.1) is 5.82 Å². The zero-order valence-corrected chi connectivity index (χ0v) is 19.4. The standard InChI is InChI=1S/C24H28FN7O2/c1-30-8-10-32(11-9-30)16-5-7-18(21(13-16)34-3)29-24-26-14-20-22(31(24)2)27-19-12-15(25)4-6-17(19)23(33)28-20/h4-7,12-14,24,27,29H,8-11H2,1-3H3,(H,28,33). The van der Waals surface area contributed by atoms with E-state index in [1.54, 1.807) is 13.3 Å². The minimum absolute atomic E-state index is 0.320. The summed E-state index contributed by atoms with van der Waals surface area (Å²) in [5, 5.41) is 9.44. The Morgan fingerprint density at radius 1 is 1.09 bits per heavy atom. The molecule has 3 aliphatic rings. The number of likely N-dealkylation sites (N-methyl/N-ethyl adjacent to an activating group) is 1. The number of carbonyl (C=O) groups excluding carboxylic acids is 1. The van der Waals surface area contributed by atoms with Gasteiger partial charge in [0.05, 0.1) is 30.3 Å². The van der Waals surface area contributed by atoms with E-state index in [9.17, 15) is 9.18 Å². The SMILES string of the molecule is COc1cc(N2CCN(C)CC2)ccc1NC1N=CC2=C(Nc3cc(F)ccc3C(=O)N2)N1C. The maximum Gasteiger partial charge on any atom is 0.257 e. The molecule has 3 heterocycles. The van der Waals surface area contributed by atoms with E-state index in [1.165, 1.54) is 18.2 Å². The smallest absolute Gasteiger partial charge is 0.257 e. The molecule has 1 atom stereocenters. The fraction of sp³-hybridized carbons (Fsp3) is 0.333. The number of hydrogen-bond donors (Lipinski definition) is 3. The molecule has 0 spiro atoms. The van der Waals surface area contributed by atoms with Crippen LogP contribution in [-0.4, -0.2) is 75.6 Å². The highest BCUT2D eigenvalue weighted by molar-refractivity contribution is 6.05. The summed E-state index contributed by atoms with van der Waals surface area (Å²) >= 11 is 0. The molecule has 0 saturated carbocycles. The Labute approximate surface area is 197 Å². The van der Waals surface area contributed by atoms with E-state index in [0.717, 1.165) is 37.6 Å². The summed E-state index contributed by atoms with van der Waals surface area (Å²) in [4.78, 5) is 23.7. The van der Waals surface area contributed by atoms with Crippen molar-refractivity contribution in [3.63, 3.8) is 0 Å². The van der Waals surface area contributed by atoms with E-state index in [0.29, 0.717) is 28.5 Å². The lowest BCUT2D eigenvalue weighted by atomic mass is 10.1. The van der Waals surface area contributed by atoms with Crippen LogP contribution in [0.4, 0.5) is 21.5 Å². The summed E-state index contributed by atoms with van der Waals surface area (Å²) in [6.45, 7) is 3.99. The normalized spacial score (nSPS) is 20.2. The predicted molar refractivity (Wildman–Crippen MR) is 131 cm³/mol. The summed E-state index contributed by atoms with van der Waals surface area (Å²) in [5.74, 6) is 0.586. The fourth-order valence-corrected chi connectivity index (χ4v) is 4.33. The van der Waals surface area contributed by atoms with Crippen LogP contribution in [0.15, 0.2) is 52.9 Å². The highest BCUT2D eigenvalue weighted by Crippen LogP contribution is 2.33. The maximum absolute atomic E-state index is 13.8. The molecule has 0 aliphatic carbocycles. The second-order valence-electron chi connectivity index (χ2n) is 8.61. The van der Waals surface area contributed by atoms with Gasteiger partial charge in [0.2, 0.25) is 0 Å². The summed E-state index contributed by atoms with van der Waals surface area (Å²) < 4.78 is 19.5. The highest BCUT2D eigenvalue weighted by atomic mass is 19.1. The van der Waals surface area contributed by atoms with Crippen LogP contribution >= 0.6 is 0 Å². The van der Waals surface area contributed by atoms with Crippen molar-refractivity contribution in [3.05, 3.63) is 59.3 Å². The number of rotatable bonds is 4. The number of piperazine rings is 1.